The summed E-state index contributed by atoms with van der Waals surface area (Å²) in [6, 6.07) is 0. The Morgan fingerprint density at radius 1 is 1.29 bits per heavy atom. The summed E-state index contributed by atoms with van der Waals surface area (Å²) in [6.45, 7) is 0. The Hall–Kier alpha value is -1.20. The number of ketones is 2. The van der Waals surface area contributed by atoms with E-state index >= 15 is 0 Å². The molecular weight excluding hydrogens is 218 g/mol. The Morgan fingerprint density at radius 3 is 2.86 bits per heavy atom. The molecule has 1 aromatic rings. The van der Waals surface area contributed by atoms with Crippen LogP contribution in [0.25, 0.3) is 0 Å². The number of thiazole rings is 1. The molecule has 0 saturated carbocycles. The van der Waals surface area contributed by atoms with Crippen LogP contribution in [-0.4, -0.2) is 16.6 Å². The number of hydrogen-bond acceptors (Lipinski definition) is 5. The van der Waals surface area contributed by atoms with Crippen molar-refractivity contribution < 1.29 is 9.59 Å². The molecule has 0 atom stereocenters. The minimum absolute atomic E-state index is 0.122. The SMILES string of the molecule is O=C1C=CC(=O)C(Sc2cncs2)=C1. The van der Waals surface area contributed by atoms with Crippen LogP contribution in [0.15, 0.2) is 39.0 Å². The molecule has 1 aromatic heterocycles. The number of rotatable bonds is 2. The smallest absolute Gasteiger partial charge is 0.192 e. The largest absolute Gasteiger partial charge is 0.290 e. The molecule has 0 aliphatic heterocycles. The van der Waals surface area contributed by atoms with Crippen LogP contribution in [0.3, 0.4) is 0 Å². The van der Waals surface area contributed by atoms with Crippen molar-refractivity contribution in [2.45, 2.75) is 4.21 Å². The van der Waals surface area contributed by atoms with Crippen LogP contribution in [0, 0.1) is 0 Å². The second-order valence-corrected chi connectivity index (χ2v) is 4.76. The summed E-state index contributed by atoms with van der Waals surface area (Å²) >= 11 is 2.72. The molecule has 1 aliphatic rings. The second kappa shape index (κ2) is 3.89. The summed E-state index contributed by atoms with van der Waals surface area (Å²) in [6.07, 6.45) is 5.60. The number of carbonyl (C=O) groups excluding carboxylic acids is 2. The number of allylic oxidation sites excluding steroid dienone is 4. The summed E-state index contributed by atoms with van der Waals surface area (Å²) in [7, 11) is 0. The molecule has 0 saturated heterocycles. The topological polar surface area (TPSA) is 47.0 Å². The first-order chi connectivity index (χ1) is 6.75. The lowest BCUT2D eigenvalue weighted by Crippen LogP contribution is -2.04. The van der Waals surface area contributed by atoms with Crippen molar-refractivity contribution in [3.63, 3.8) is 0 Å². The van der Waals surface area contributed by atoms with E-state index in [0.29, 0.717) is 4.91 Å². The standard InChI is InChI=1S/C9H5NO2S2/c11-6-1-2-7(12)8(3-6)14-9-4-10-5-13-9/h1-5H. The Balaban J connectivity index is 2.19. The highest BCUT2D eigenvalue weighted by molar-refractivity contribution is 8.05. The number of hydrogen-bond donors (Lipinski definition) is 0. The van der Waals surface area contributed by atoms with Crippen molar-refractivity contribution in [2.24, 2.45) is 0 Å². The van der Waals surface area contributed by atoms with Gasteiger partial charge in [-0.1, -0.05) is 11.8 Å². The zero-order chi connectivity index (χ0) is 9.97. The number of nitrogens with zero attached hydrogens (tertiary/aromatic N) is 1. The Kier molecular flexibility index (Phi) is 2.60. The van der Waals surface area contributed by atoms with Gasteiger partial charge in [0, 0.05) is 6.08 Å². The summed E-state index contributed by atoms with van der Waals surface area (Å²) in [5.74, 6) is -0.264. The molecule has 0 amide bonds. The van der Waals surface area contributed by atoms with Crippen LogP contribution >= 0.6 is 23.1 Å². The van der Waals surface area contributed by atoms with Gasteiger partial charge in [0.25, 0.3) is 0 Å². The maximum Gasteiger partial charge on any atom is 0.192 e. The quantitative estimate of drug-likeness (QED) is 0.718. The monoisotopic (exact) mass is 223 g/mol. The van der Waals surface area contributed by atoms with Gasteiger partial charge in [-0.2, -0.15) is 0 Å². The van der Waals surface area contributed by atoms with Crippen molar-refractivity contribution in [1.29, 1.82) is 0 Å². The third kappa shape index (κ3) is 2.00. The average Bonchev–Trinajstić information content (AvgIpc) is 2.64. The van der Waals surface area contributed by atoms with Crippen LogP contribution in [0.5, 0.6) is 0 Å². The van der Waals surface area contributed by atoms with Crippen molar-refractivity contribution >= 4 is 34.7 Å². The minimum atomic E-state index is -0.142. The third-order valence-corrected chi connectivity index (χ3v) is 3.48. The molecule has 70 valence electrons. The zero-order valence-corrected chi connectivity index (χ0v) is 8.60. The van der Waals surface area contributed by atoms with Gasteiger partial charge >= 0.3 is 0 Å². The second-order valence-electron chi connectivity index (χ2n) is 2.53. The summed E-state index contributed by atoms with van der Waals surface area (Å²) < 4.78 is 0.910. The molecule has 0 fully saturated rings. The Bertz CT molecular complexity index is 432. The zero-order valence-electron chi connectivity index (χ0n) is 6.97. The molecule has 0 aromatic carbocycles. The molecule has 0 spiro atoms. The number of carbonyl (C=O) groups is 2. The summed E-state index contributed by atoms with van der Waals surface area (Å²) in [5.41, 5.74) is 1.69. The number of aromatic nitrogens is 1. The van der Waals surface area contributed by atoms with Crippen molar-refractivity contribution in [1.82, 2.24) is 4.98 Å². The van der Waals surface area contributed by atoms with E-state index in [1.54, 1.807) is 11.7 Å². The van der Waals surface area contributed by atoms with E-state index < -0.39 is 0 Å². The van der Waals surface area contributed by atoms with Crippen LogP contribution in [0.1, 0.15) is 0 Å². The predicted octanol–water partition coefficient (Wildman–Crippen LogP) is 1.83. The van der Waals surface area contributed by atoms with Crippen LogP contribution in [0.4, 0.5) is 0 Å². The third-order valence-electron chi connectivity index (χ3n) is 1.54. The van der Waals surface area contributed by atoms with E-state index in [-0.39, 0.29) is 11.6 Å². The van der Waals surface area contributed by atoms with Crippen molar-refractivity contribution in [3.05, 3.63) is 34.8 Å². The van der Waals surface area contributed by atoms with Crippen LogP contribution < -0.4 is 0 Å². The highest BCUT2D eigenvalue weighted by Gasteiger charge is 2.14. The molecule has 5 heteroatoms. The molecule has 3 nitrogen and oxygen atoms in total. The van der Waals surface area contributed by atoms with E-state index in [1.807, 2.05) is 0 Å². The van der Waals surface area contributed by atoms with Gasteiger partial charge in [-0.15, -0.1) is 11.3 Å². The fourth-order valence-electron chi connectivity index (χ4n) is 0.931. The first kappa shape index (κ1) is 9.36. The lowest BCUT2D eigenvalue weighted by atomic mass is 10.2. The van der Waals surface area contributed by atoms with E-state index in [9.17, 15) is 9.59 Å². The van der Waals surface area contributed by atoms with E-state index in [4.69, 9.17) is 0 Å². The maximum atomic E-state index is 11.3. The molecule has 0 radical (unpaired) electrons. The molecule has 14 heavy (non-hydrogen) atoms. The van der Waals surface area contributed by atoms with E-state index in [0.717, 1.165) is 4.21 Å². The van der Waals surface area contributed by atoms with Gasteiger partial charge in [0.15, 0.2) is 11.6 Å². The summed E-state index contributed by atoms with van der Waals surface area (Å²) in [4.78, 5) is 26.7. The Morgan fingerprint density at radius 2 is 2.14 bits per heavy atom. The van der Waals surface area contributed by atoms with Crippen LogP contribution in [-0.2, 0) is 9.59 Å². The lowest BCUT2D eigenvalue weighted by Gasteiger charge is -2.03. The minimum Gasteiger partial charge on any atom is -0.290 e. The number of thioether (sulfide) groups is 1. The van der Waals surface area contributed by atoms with E-state index in [2.05, 4.69) is 4.98 Å². The van der Waals surface area contributed by atoms with Gasteiger partial charge in [0.05, 0.1) is 20.8 Å². The fraction of sp³-hybridized carbons (Fsp3) is 0. The summed E-state index contributed by atoms with van der Waals surface area (Å²) in [5, 5.41) is 0. The van der Waals surface area contributed by atoms with Gasteiger partial charge in [0.1, 0.15) is 0 Å². The molecule has 2 rings (SSSR count). The normalized spacial score (nSPS) is 15.9. The molecule has 0 bridgehead atoms. The average molecular weight is 223 g/mol. The molecular formula is C9H5NO2S2. The molecule has 1 heterocycles. The predicted molar refractivity (Wildman–Crippen MR) is 55.2 cm³/mol. The first-order valence-electron chi connectivity index (χ1n) is 3.80. The van der Waals surface area contributed by atoms with Gasteiger partial charge in [-0.3, -0.25) is 14.6 Å². The van der Waals surface area contributed by atoms with Crippen molar-refractivity contribution in [3.8, 4) is 0 Å². The highest BCUT2D eigenvalue weighted by Crippen LogP contribution is 2.31. The first-order valence-corrected chi connectivity index (χ1v) is 5.50. The Labute approximate surface area is 88.5 Å². The van der Waals surface area contributed by atoms with Gasteiger partial charge in [-0.05, 0) is 12.2 Å². The molecule has 0 unspecified atom stereocenters. The molecule has 0 N–H and O–H groups in total. The lowest BCUT2D eigenvalue weighted by molar-refractivity contribution is -0.114. The fourth-order valence-corrected chi connectivity index (χ4v) is 2.54. The maximum absolute atomic E-state index is 11.3. The molecule has 1 aliphatic carbocycles. The van der Waals surface area contributed by atoms with E-state index in [1.165, 1.54) is 41.3 Å². The van der Waals surface area contributed by atoms with Crippen molar-refractivity contribution in [2.75, 3.05) is 0 Å². The van der Waals surface area contributed by atoms with Gasteiger partial charge in [-0.25, -0.2) is 0 Å². The highest BCUT2D eigenvalue weighted by atomic mass is 32.2. The van der Waals surface area contributed by atoms with Gasteiger partial charge < -0.3 is 0 Å². The van der Waals surface area contributed by atoms with Crippen LogP contribution in [0.2, 0.25) is 0 Å². The van der Waals surface area contributed by atoms with Gasteiger partial charge in [0.2, 0.25) is 0 Å².